The molecule has 0 aromatic carbocycles. The molecule has 4 heteroatoms. The van der Waals surface area contributed by atoms with Crippen LogP contribution in [-0.2, 0) is 0 Å². The summed E-state index contributed by atoms with van der Waals surface area (Å²) >= 11 is 0. The molecule has 70 valence electrons. The largest absolute Gasteiger partial charge is 0.319 e. The summed E-state index contributed by atoms with van der Waals surface area (Å²) in [6.07, 6.45) is 6.63. The van der Waals surface area contributed by atoms with Crippen molar-refractivity contribution in [2.75, 3.05) is 0 Å². The molecule has 0 radical (unpaired) electrons. The average molecular weight is 186 g/mol. The summed E-state index contributed by atoms with van der Waals surface area (Å²) in [4.78, 5) is 11.9. The van der Waals surface area contributed by atoms with Crippen molar-refractivity contribution in [2.24, 2.45) is 5.73 Å². The lowest BCUT2D eigenvalue weighted by Crippen LogP contribution is -2.13. The lowest BCUT2D eigenvalue weighted by Gasteiger charge is -2.09. The van der Waals surface area contributed by atoms with E-state index in [4.69, 9.17) is 5.73 Å². The van der Waals surface area contributed by atoms with Crippen molar-refractivity contribution in [3.8, 4) is 0 Å². The summed E-state index contributed by atoms with van der Waals surface area (Å²) in [5.41, 5.74) is 7.74. The highest BCUT2D eigenvalue weighted by Crippen LogP contribution is 2.14. The maximum absolute atomic E-state index is 5.99. The number of aromatic nitrogens is 3. The minimum Gasteiger partial charge on any atom is -0.319 e. The second kappa shape index (κ2) is 3.93. The second-order valence-corrected chi connectivity index (χ2v) is 2.90. The van der Waals surface area contributed by atoms with Gasteiger partial charge in [-0.1, -0.05) is 6.07 Å². The Labute approximate surface area is 81.9 Å². The topological polar surface area (TPSA) is 64.7 Å². The molecule has 0 spiro atoms. The molecule has 2 rings (SSSR count). The van der Waals surface area contributed by atoms with Crippen LogP contribution >= 0.6 is 0 Å². The van der Waals surface area contributed by atoms with Gasteiger partial charge in [0.2, 0.25) is 0 Å². The normalized spacial score (nSPS) is 12.4. The highest BCUT2D eigenvalue weighted by atomic mass is 14.8. The second-order valence-electron chi connectivity index (χ2n) is 2.90. The van der Waals surface area contributed by atoms with Gasteiger partial charge in [-0.3, -0.25) is 4.98 Å². The van der Waals surface area contributed by atoms with E-state index in [1.807, 2.05) is 12.1 Å². The molecule has 0 amide bonds. The van der Waals surface area contributed by atoms with Crippen LogP contribution in [0.3, 0.4) is 0 Å². The van der Waals surface area contributed by atoms with E-state index in [0.717, 1.165) is 11.3 Å². The third-order valence-electron chi connectivity index (χ3n) is 1.97. The SMILES string of the molecule is NC(c1cccnc1)c1ccncn1. The Kier molecular flexibility index (Phi) is 2.46. The van der Waals surface area contributed by atoms with Crippen molar-refractivity contribution >= 4 is 0 Å². The van der Waals surface area contributed by atoms with Gasteiger partial charge >= 0.3 is 0 Å². The quantitative estimate of drug-likeness (QED) is 0.757. The minimum absolute atomic E-state index is 0.230. The van der Waals surface area contributed by atoms with E-state index in [2.05, 4.69) is 15.0 Å². The fraction of sp³-hybridized carbons (Fsp3) is 0.100. The Bertz CT molecular complexity index is 348. The van der Waals surface area contributed by atoms with Gasteiger partial charge in [0.05, 0.1) is 11.7 Å². The summed E-state index contributed by atoms with van der Waals surface area (Å²) < 4.78 is 0. The van der Waals surface area contributed by atoms with Crippen LogP contribution < -0.4 is 5.73 Å². The van der Waals surface area contributed by atoms with Crippen LogP contribution in [0.25, 0.3) is 0 Å². The van der Waals surface area contributed by atoms with E-state index < -0.39 is 0 Å². The van der Waals surface area contributed by atoms with E-state index in [1.165, 1.54) is 6.33 Å². The Hall–Kier alpha value is -1.81. The van der Waals surface area contributed by atoms with Gasteiger partial charge in [0.25, 0.3) is 0 Å². The zero-order chi connectivity index (χ0) is 9.80. The first kappa shape index (κ1) is 8.77. The summed E-state index contributed by atoms with van der Waals surface area (Å²) in [5, 5.41) is 0. The third kappa shape index (κ3) is 1.75. The zero-order valence-corrected chi connectivity index (χ0v) is 7.54. The molecule has 2 heterocycles. The summed E-state index contributed by atoms with van der Waals surface area (Å²) in [6, 6.07) is 5.36. The van der Waals surface area contributed by atoms with Crippen LogP contribution in [0.4, 0.5) is 0 Å². The lowest BCUT2D eigenvalue weighted by atomic mass is 10.1. The van der Waals surface area contributed by atoms with Crippen molar-refractivity contribution in [1.82, 2.24) is 15.0 Å². The summed E-state index contributed by atoms with van der Waals surface area (Å²) in [5.74, 6) is 0. The van der Waals surface area contributed by atoms with Crippen molar-refractivity contribution in [1.29, 1.82) is 0 Å². The Morgan fingerprint density at radius 1 is 1.14 bits per heavy atom. The number of nitrogens with zero attached hydrogens (tertiary/aromatic N) is 3. The van der Waals surface area contributed by atoms with Crippen LogP contribution in [-0.4, -0.2) is 15.0 Å². The average Bonchev–Trinajstić information content (AvgIpc) is 2.30. The molecular weight excluding hydrogens is 176 g/mol. The molecule has 2 aromatic rings. The fourth-order valence-corrected chi connectivity index (χ4v) is 1.22. The molecule has 0 aliphatic carbocycles. The van der Waals surface area contributed by atoms with Crippen LogP contribution in [0.15, 0.2) is 43.1 Å². The first-order valence-corrected chi connectivity index (χ1v) is 4.29. The molecule has 14 heavy (non-hydrogen) atoms. The molecule has 0 aliphatic rings. The monoisotopic (exact) mass is 186 g/mol. The van der Waals surface area contributed by atoms with Crippen LogP contribution in [0.1, 0.15) is 17.3 Å². The van der Waals surface area contributed by atoms with E-state index in [-0.39, 0.29) is 6.04 Å². The van der Waals surface area contributed by atoms with Gasteiger partial charge in [0.1, 0.15) is 6.33 Å². The maximum Gasteiger partial charge on any atom is 0.115 e. The third-order valence-corrected chi connectivity index (χ3v) is 1.97. The Morgan fingerprint density at radius 3 is 2.71 bits per heavy atom. The number of hydrogen-bond acceptors (Lipinski definition) is 4. The van der Waals surface area contributed by atoms with Crippen molar-refractivity contribution in [2.45, 2.75) is 6.04 Å². The molecular formula is C10H10N4. The number of rotatable bonds is 2. The molecule has 2 aromatic heterocycles. The molecule has 2 N–H and O–H groups in total. The van der Waals surface area contributed by atoms with E-state index >= 15 is 0 Å². The highest BCUT2D eigenvalue weighted by Gasteiger charge is 2.08. The van der Waals surface area contributed by atoms with Gasteiger partial charge in [0.15, 0.2) is 0 Å². The molecule has 0 bridgehead atoms. The standard InChI is InChI=1S/C10H10N4/c11-10(8-2-1-4-12-6-8)9-3-5-13-7-14-9/h1-7,10H,11H2. The van der Waals surface area contributed by atoms with Crippen LogP contribution in [0.2, 0.25) is 0 Å². The molecule has 4 nitrogen and oxygen atoms in total. The Morgan fingerprint density at radius 2 is 2.07 bits per heavy atom. The molecule has 1 unspecified atom stereocenters. The van der Waals surface area contributed by atoms with Gasteiger partial charge < -0.3 is 5.73 Å². The fourth-order valence-electron chi connectivity index (χ4n) is 1.22. The Balaban J connectivity index is 2.30. The van der Waals surface area contributed by atoms with Crippen molar-refractivity contribution in [3.05, 3.63) is 54.4 Å². The molecule has 0 fully saturated rings. The van der Waals surface area contributed by atoms with Gasteiger partial charge in [-0.15, -0.1) is 0 Å². The number of nitrogens with two attached hydrogens (primary N) is 1. The first-order chi connectivity index (χ1) is 6.88. The first-order valence-electron chi connectivity index (χ1n) is 4.29. The van der Waals surface area contributed by atoms with Gasteiger partial charge in [-0.05, 0) is 17.7 Å². The van der Waals surface area contributed by atoms with Gasteiger partial charge in [-0.25, -0.2) is 9.97 Å². The minimum atomic E-state index is -0.230. The van der Waals surface area contributed by atoms with Crippen molar-refractivity contribution < 1.29 is 0 Å². The van der Waals surface area contributed by atoms with Gasteiger partial charge in [-0.2, -0.15) is 0 Å². The zero-order valence-electron chi connectivity index (χ0n) is 7.54. The maximum atomic E-state index is 5.99. The smallest absolute Gasteiger partial charge is 0.115 e. The summed E-state index contributed by atoms with van der Waals surface area (Å²) in [6.45, 7) is 0. The summed E-state index contributed by atoms with van der Waals surface area (Å²) in [7, 11) is 0. The predicted molar refractivity (Wildman–Crippen MR) is 52.3 cm³/mol. The van der Waals surface area contributed by atoms with E-state index in [0.29, 0.717) is 0 Å². The molecule has 0 saturated heterocycles. The molecule has 0 aliphatic heterocycles. The van der Waals surface area contributed by atoms with E-state index in [9.17, 15) is 0 Å². The van der Waals surface area contributed by atoms with Crippen LogP contribution in [0, 0.1) is 0 Å². The van der Waals surface area contributed by atoms with E-state index in [1.54, 1.807) is 24.7 Å². The lowest BCUT2D eigenvalue weighted by molar-refractivity contribution is 0.814. The molecule has 1 atom stereocenters. The highest BCUT2D eigenvalue weighted by molar-refractivity contribution is 5.23. The molecule has 0 saturated carbocycles. The number of hydrogen-bond donors (Lipinski definition) is 1. The van der Waals surface area contributed by atoms with Crippen molar-refractivity contribution in [3.63, 3.8) is 0 Å². The predicted octanol–water partition coefficient (Wildman–Crippen LogP) is 0.920. The van der Waals surface area contributed by atoms with Crippen LogP contribution in [0.5, 0.6) is 0 Å². The van der Waals surface area contributed by atoms with Gasteiger partial charge in [0, 0.05) is 18.6 Å². The number of pyridine rings is 1.